The van der Waals surface area contributed by atoms with Crippen LogP contribution in [0.4, 0.5) is 4.79 Å². The fourth-order valence-electron chi connectivity index (χ4n) is 1.29. The Morgan fingerprint density at radius 3 is 2.11 bits per heavy atom. The first-order valence-corrected chi connectivity index (χ1v) is 5.75. The van der Waals surface area contributed by atoms with Crippen molar-refractivity contribution in [1.82, 2.24) is 10.6 Å². The highest BCUT2D eigenvalue weighted by molar-refractivity contribution is 5.89. The lowest BCUT2D eigenvalue weighted by atomic mass is 9.99. The van der Waals surface area contributed by atoms with Crippen molar-refractivity contribution >= 4 is 17.9 Å². The van der Waals surface area contributed by atoms with Crippen molar-refractivity contribution in [2.45, 2.75) is 45.7 Å². The number of carboxylic acids is 1. The molecule has 0 radical (unpaired) electrons. The molecule has 2 unspecified atom stereocenters. The average Bonchev–Trinajstić information content (AvgIpc) is 2.24. The third kappa shape index (κ3) is 4.23. The van der Waals surface area contributed by atoms with E-state index in [1.807, 2.05) is 0 Å². The van der Waals surface area contributed by atoms with Gasteiger partial charge >= 0.3 is 12.0 Å². The molecule has 7 nitrogen and oxygen atoms in total. The number of carboxylic acid groups (broad SMARTS) is 1. The quantitative estimate of drug-likeness (QED) is 0.538. The van der Waals surface area contributed by atoms with Gasteiger partial charge in [-0.05, 0) is 19.3 Å². The smallest absolute Gasteiger partial charge is 0.329 e. The summed E-state index contributed by atoms with van der Waals surface area (Å²) < 4.78 is 0. The minimum absolute atomic E-state index is 0.175. The fraction of sp³-hybridized carbons (Fsp3) is 0.727. The largest absolute Gasteiger partial charge is 0.480 e. The first-order chi connectivity index (χ1) is 8.14. The van der Waals surface area contributed by atoms with Gasteiger partial charge in [-0.25, -0.2) is 9.59 Å². The predicted octanol–water partition coefficient (Wildman–Crippen LogP) is 0.0488. The van der Waals surface area contributed by atoms with Crippen LogP contribution in [-0.4, -0.2) is 34.6 Å². The molecular weight excluding hydrogens is 238 g/mol. The predicted molar refractivity (Wildman–Crippen MR) is 65.8 cm³/mol. The van der Waals surface area contributed by atoms with E-state index in [2.05, 4.69) is 10.6 Å². The molecule has 0 fully saturated rings. The Labute approximate surface area is 106 Å². The number of aliphatic carboxylic acids is 1. The third-order valence-electron chi connectivity index (χ3n) is 2.83. The first kappa shape index (κ1) is 16.2. The van der Waals surface area contributed by atoms with Crippen molar-refractivity contribution in [2.75, 3.05) is 0 Å². The molecule has 0 aromatic heterocycles. The second-order valence-electron chi connectivity index (χ2n) is 4.71. The molecule has 0 saturated carbocycles. The molecule has 2 atom stereocenters. The standard InChI is InChI=1S/C11H21N3O4/c1-5-11(4,9(16)17)14-10(18)13-7(6(2)3)8(12)15/h6-7H,5H2,1-4H3,(H2,12,15)(H,16,17)(H2,13,14,18). The summed E-state index contributed by atoms with van der Waals surface area (Å²) in [4.78, 5) is 33.8. The van der Waals surface area contributed by atoms with Crippen molar-refractivity contribution in [3.63, 3.8) is 0 Å². The molecule has 18 heavy (non-hydrogen) atoms. The Morgan fingerprint density at radius 1 is 1.33 bits per heavy atom. The maximum atomic E-state index is 11.6. The number of nitrogens with two attached hydrogens (primary N) is 1. The van der Waals surface area contributed by atoms with Crippen LogP contribution in [0, 0.1) is 5.92 Å². The molecule has 0 aromatic rings. The SMILES string of the molecule is CCC(C)(NC(=O)NC(C(N)=O)C(C)C)C(=O)O. The number of amides is 3. The van der Waals surface area contributed by atoms with Crippen LogP contribution >= 0.6 is 0 Å². The summed E-state index contributed by atoms with van der Waals surface area (Å²) >= 11 is 0. The summed E-state index contributed by atoms with van der Waals surface area (Å²) in [6.07, 6.45) is 0.221. The molecular formula is C11H21N3O4. The van der Waals surface area contributed by atoms with Crippen molar-refractivity contribution in [2.24, 2.45) is 11.7 Å². The van der Waals surface area contributed by atoms with E-state index in [-0.39, 0.29) is 12.3 Å². The van der Waals surface area contributed by atoms with E-state index in [1.165, 1.54) is 6.92 Å². The zero-order chi connectivity index (χ0) is 14.5. The van der Waals surface area contributed by atoms with Gasteiger partial charge < -0.3 is 21.5 Å². The van der Waals surface area contributed by atoms with Crippen LogP contribution in [0.25, 0.3) is 0 Å². The lowest BCUT2D eigenvalue weighted by molar-refractivity contribution is -0.143. The van der Waals surface area contributed by atoms with E-state index in [1.54, 1.807) is 20.8 Å². The molecule has 0 aromatic carbocycles. The van der Waals surface area contributed by atoms with Crippen LogP contribution in [0.15, 0.2) is 0 Å². The summed E-state index contributed by atoms with van der Waals surface area (Å²) in [5.41, 5.74) is 3.77. The van der Waals surface area contributed by atoms with Crippen LogP contribution in [0.3, 0.4) is 0 Å². The molecule has 5 N–H and O–H groups in total. The maximum Gasteiger partial charge on any atom is 0.329 e. The minimum atomic E-state index is -1.37. The monoisotopic (exact) mass is 259 g/mol. The Morgan fingerprint density at radius 2 is 1.83 bits per heavy atom. The highest BCUT2D eigenvalue weighted by Crippen LogP contribution is 2.09. The molecule has 3 amide bonds. The Hall–Kier alpha value is -1.79. The number of carbonyl (C=O) groups is 3. The first-order valence-electron chi connectivity index (χ1n) is 5.75. The van der Waals surface area contributed by atoms with E-state index >= 15 is 0 Å². The second kappa shape index (κ2) is 6.23. The lowest BCUT2D eigenvalue weighted by Gasteiger charge is -2.27. The number of rotatable bonds is 6. The molecule has 7 heteroatoms. The number of nitrogens with one attached hydrogen (secondary N) is 2. The van der Waals surface area contributed by atoms with E-state index in [9.17, 15) is 14.4 Å². The van der Waals surface area contributed by atoms with Crippen LogP contribution in [0.2, 0.25) is 0 Å². The van der Waals surface area contributed by atoms with Crippen molar-refractivity contribution in [3.05, 3.63) is 0 Å². The molecule has 0 spiro atoms. The van der Waals surface area contributed by atoms with Gasteiger partial charge in [0.25, 0.3) is 0 Å². The van der Waals surface area contributed by atoms with Crippen molar-refractivity contribution < 1.29 is 19.5 Å². The molecule has 0 rings (SSSR count). The van der Waals surface area contributed by atoms with Crippen molar-refractivity contribution in [3.8, 4) is 0 Å². The van der Waals surface area contributed by atoms with Crippen LogP contribution in [0.1, 0.15) is 34.1 Å². The van der Waals surface area contributed by atoms with Crippen molar-refractivity contribution in [1.29, 1.82) is 0 Å². The zero-order valence-corrected chi connectivity index (χ0v) is 11.1. The topological polar surface area (TPSA) is 122 Å². The number of hydrogen-bond donors (Lipinski definition) is 4. The number of carbonyl (C=O) groups excluding carboxylic acids is 2. The van der Waals surface area contributed by atoms with Gasteiger partial charge in [0.15, 0.2) is 0 Å². The number of primary amides is 1. The van der Waals surface area contributed by atoms with Gasteiger partial charge in [0.05, 0.1) is 0 Å². The molecule has 0 aliphatic rings. The van der Waals surface area contributed by atoms with Gasteiger partial charge in [-0.2, -0.15) is 0 Å². The van der Waals surface area contributed by atoms with Gasteiger partial charge in [-0.3, -0.25) is 4.79 Å². The summed E-state index contributed by atoms with van der Waals surface area (Å²) in [7, 11) is 0. The molecule has 0 heterocycles. The van der Waals surface area contributed by atoms with Gasteiger partial charge in [0.1, 0.15) is 11.6 Å². The number of hydrogen-bond acceptors (Lipinski definition) is 3. The highest BCUT2D eigenvalue weighted by atomic mass is 16.4. The zero-order valence-electron chi connectivity index (χ0n) is 11.1. The normalized spacial score (nSPS) is 15.6. The minimum Gasteiger partial charge on any atom is -0.480 e. The Kier molecular flexibility index (Phi) is 5.61. The van der Waals surface area contributed by atoms with E-state index in [4.69, 9.17) is 10.8 Å². The molecule has 0 aliphatic heterocycles. The van der Waals surface area contributed by atoms with Crippen LogP contribution < -0.4 is 16.4 Å². The summed E-state index contributed by atoms with van der Waals surface area (Å²) in [5.74, 6) is -1.97. The van der Waals surface area contributed by atoms with Gasteiger partial charge in [-0.1, -0.05) is 20.8 Å². The summed E-state index contributed by atoms with van der Waals surface area (Å²) in [6, 6.07) is -1.56. The Balaban J connectivity index is 4.68. The second-order valence-corrected chi connectivity index (χ2v) is 4.71. The summed E-state index contributed by atoms with van der Waals surface area (Å²) in [6.45, 7) is 6.49. The average molecular weight is 259 g/mol. The van der Waals surface area contributed by atoms with Crippen LogP contribution in [0.5, 0.6) is 0 Å². The van der Waals surface area contributed by atoms with Crippen LogP contribution in [-0.2, 0) is 9.59 Å². The molecule has 0 aliphatic carbocycles. The van der Waals surface area contributed by atoms with Gasteiger partial charge in [0.2, 0.25) is 5.91 Å². The third-order valence-corrected chi connectivity index (χ3v) is 2.83. The van der Waals surface area contributed by atoms with Gasteiger partial charge in [0, 0.05) is 0 Å². The maximum absolute atomic E-state index is 11.6. The molecule has 104 valence electrons. The van der Waals surface area contributed by atoms with E-state index in [0.717, 1.165) is 0 Å². The summed E-state index contributed by atoms with van der Waals surface area (Å²) in [5, 5.41) is 13.7. The van der Waals surface area contributed by atoms with E-state index in [0.29, 0.717) is 0 Å². The van der Waals surface area contributed by atoms with Gasteiger partial charge in [-0.15, -0.1) is 0 Å². The number of urea groups is 1. The lowest BCUT2D eigenvalue weighted by Crippen LogP contribution is -2.58. The highest BCUT2D eigenvalue weighted by Gasteiger charge is 2.34. The molecule has 0 saturated heterocycles. The Bertz CT molecular complexity index is 343. The molecule has 0 bridgehead atoms. The fourth-order valence-corrected chi connectivity index (χ4v) is 1.29. The van der Waals surface area contributed by atoms with E-state index < -0.39 is 29.5 Å².